The Morgan fingerprint density at radius 2 is 2.27 bits per heavy atom. The van der Waals surface area contributed by atoms with Crippen molar-refractivity contribution in [3.63, 3.8) is 0 Å². The van der Waals surface area contributed by atoms with E-state index in [1.54, 1.807) is 0 Å². The number of carbonyl (C=O) groups excluding carboxylic acids is 1. The monoisotopic (exact) mass is 200 g/mol. The Labute approximate surface area is 88.3 Å². The van der Waals surface area contributed by atoms with E-state index in [4.69, 9.17) is 5.41 Å². The van der Waals surface area contributed by atoms with E-state index in [9.17, 15) is 4.79 Å². The lowest BCUT2D eigenvalue weighted by atomic mass is 9.94. The van der Waals surface area contributed by atoms with Crippen LogP contribution < -0.4 is 5.32 Å². The molecule has 1 amide bonds. The molecule has 1 aromatic carbocycles. The number of rotatable bonds is 1. The minimum atomic E-state index is -0.106. The van der Waals surface area contributed by atoms with E-state index in [1.165, 1.54) is 0 Å². The highest BCUT2D eigenvalue weighted by Crippen LogP contribution is 2.20. The summed E-state index contributed by atoms with van der Waals surface area (Å²) in [7, 11) is 0. The molecule has 0 fully saturated rings. The van der Waals surface area contributed by atoms with Gasteiger partial charge in [0.25, 0.3) is 0 Å². The summed E-state index contributed by atoms with van der Waals surface area (Å²) in [6.07, 6.45) is 4.24. The van der Waals surface area contributed by atoms with Gasteiger partial charge >= 0.3 is 0 Å². The molecular formula is C12H12N2O. The Kier molecular flexibility index (Phi) is 2.37. The number of hydrogen-bond donors (Lipinski definition) is 2. The molecule has 76 valence electrons. The molecular weight excluding hydrogens is 188 g/mol. The minimum Gasteiger partial charge on any atom is -0.310 e. The number of hydrogen-bond acceptors (Lipinski definition) is 2. The van der Waals surface area contributed by atoms with Crippen molar-refractivity contribution in [2.75, 3.05) is 0 Å². The summed E-state index contributed by atoms with van der Waals surface area (Å²) >= 11 is 0. The van der Waals surface area contributed by atoms with Crippen LogP contribution in [0.4, 0.5) is 0 Å². The second kappa shape index (κ2) is 3.69. The maximum atomic E-state index is 11.2. The third-order valence-corrected chi connectivity index (χ3v) is 2.39. The lowest BCUT2D eigenvalue weighted by Gasteiger charge is -2.19. The molecule has 2 rings (SSSR count). The Hall–Kier alpha value is -1.90. The normalized spacial score (nSPS) is 15.3. The van der Waals surface area contributed by atoms with E-state index in [1.807, 2.05) is 37.3 Å². The number of allylic oxidation sites excluding steroid dienone is 1. The van der Waals surface area contributed by atoms with Crippen molar-refractivity contribution in [2.24, 2.45) is 0 Å². The second-order valence-electron chi connectivity index (χ2n) is 3.48. The Balaban J connectivity index is 2.59. The van der Waals surface area contributed by atoms with Gasteiger partial charge in [-0.05, 0) is 18.1 Å². The quantitative estimate of drug-likeness (QED) is 0.712. The van der Waals surface area contributed by atoms with E-state index in [0.717, 1.165) is 16.7 Å². The van der Waals surface area contributed by atoms with Gasteiger partial charge in [0.2, 0.25) is 5.91 Å². The third-order valence-electron chi connectivity index (χ3n) is 2.39. The fourth-order valence-electron chi connectivity index (χ4n) is 1.81. The highest BCUT2D eigenvalue weighted by atomic mass is 16.1. The van der Waals surface area contributed by atoms with Crippen molar-refractivity contribution >= 4 is 17.8 Å². The number of benzene rings is 1. The minimum absolute atomic E-state index is 0.106. The van der Waals surface area contributed by atoms with Crippen LogP contribution in [0.3, 0.4) is 0 Å². The lowest BCUT2D eigenvalue weighted by Crippen LogP contribution is -2.37. The molecule has 1 heterocycles. The molecule has 1 aliphatic rings. The molecule has 3 nitrogen and oxygen atoms in total. The van der Waals surface area contributed by atoms with Crippen molar-refractivity contribution in [1.29, 1.82) is 5.41 Å². The molecule has 0 radical (unpaired) electrons. The summed E-state index contributed by atoms with van der Waals surface area (Å²) in [5, 5.41) is 10.3. The maximum absolute atomic E-state index is 11.2. The van der Waals surface area contributed by atoms with Gasteiger partial charge in [-0.25, -0.2) is 0 Å². The molecule has 2 N–H and O–H groups in total. The van der Waals surface area contributed by atoms with E-state index in [-0.39, 0.29) is 11.7 Å². The van der Waals surface area contributed by atoms with Gasteiger partial charge in [-0.3, -0.25) is 10.2 Å². The van der Waals surface area contributed by atoms with Gasteiger partial charge in [-0.1, -0.05) is 30.4 Å². The zero-order valence-corrected chi connectivity index (χ0v) is 8.50. The highest BCUT2D eigenvalue weighted by molar-refractivity contribution is 6.12. The number of fused-ring (bicyclic) bond motifs is 1. The van der Waals surface area contributed by atoms with Crippen molar-refractivity contribution in [3.05, 3.63) is 41.0 Å². The van der Waals surface area contributed by atoms with E-state index in [2.05, 4.69) is 5.32 Å². The van der Waals surface area contributed by atoms with E-state index < -0.39 is 0 Å². The van der Waals surface area contributed by atoms with Crippen molar-refractivity contribution in [1.82, 2.24) is 5.32 Å². The van der Waals surface area contributed by atoms with Crippen LogP contribution in [0.5, 0.6) is 0 Å². The molecule has 0 spiro atoms. The lowest BCUT2D eigenvalue weighted by molar-refractivity contribution is -0.119. The summed E-state index contributed by atoms with van der Waals surface area (Å²) in [5.74, 6) is 0.0973. The van der Waals surface area contributed by atoms with Gasteiger partial charge in [0.05, 0.1) is 6.42 Å². The Bertz CT molecular complexity index is 461. The summed E-state index contributed by atoms with van der Waals surface area (Å²) in [5.41, 5.74) is 2.76. The first kappa shape index (κ1) is 9.65. The zero-order valence-electron chi connectivity index (χ0n) is 8.50. The first-order valence-corrected chi connectivity index (χ1v) is 4.85. The van der Waals surface area contributed by atoms with Crippen molar-refractivity contribution in [3.8, 4) is 0 Å². The first-order chi connectivity index (χ1) is 7.22. The predicted molar refractivity (Wildman–Crippen MR) is 59.8 cm³/mol. The molecule has 15 heavy (non-hydrogen) atoms. The van der Waals surface area contributed by atoms with Gasteiger partial charge in [0, 0.05) is 5.56 Å². The van der Waals surface area contributed by atoms with Gasteiger partial charge in [-0.15, -0.1) is 0 Å². The number of nitrogens with one attached hydrogen (secondary N) is 2. The number of amidine groups is 1. The van der Waals surface area contributed by atoms with E-state index in [0.29, 0.717) is 6.42 Å². The van der Waals surface area contributed by atoms with Gasteiger partial charge < -0.3 is 5.32 Å². The number of carbonyl (C=O) groups is 1. The second-order valence-corrected chi connectivity index (χ2v) is 3.48. The van der Waals surface area contributed by atoms with Crippen LogP contribution in [0.2, 0.25) is 0 Å². The summed E-state index contributed by atoms with van der Waals surface area (Å²) in [6.45, 7) is 1.93. The van der Waals surface area contributed by atoms with Gasteiger partial charge in [0.15, 0.2) is 0 Å². The van der Waals surface area contributed by atoms with Crippen LogP contribution in [-0.4, -0.2) is 11.7 Å². The molecule has 0 atom stereocenters. The predicted octanol–water partition coefficient (Wildman–Crippen LogP) is 1.72. The molecule has 1 aliphatic heterocycles. The van der Waals surface area contributed by atoms with Gasteiger partial charge in [-0.2, -0.15) is 0 Å². The molecule has 0 saturated carbocycles. The zero-order chi connectivity index (χ0) is 10.8. The molecule has 0 saturated heterocycles. The largest absolute Gasteiger partial charge is 0.310 e. The van der Waals surface area contributed by atoms with Crippen LogP contribution in [0, 0.1) is 5.41 Å². The standard InChI is InChI=1S/C12H12N2O/c1-2-4-8-5-3-6-9-7-10(15)14-12(13)11(8)9/h2-6H,7H2,1H3,(H2,13,14,15)/b4-2+. The van der Waals surface area contributed by atoms with Crippen LogP contribution in [0.25, 0.3) is 6.08 Å². The van der Waals surface area contributed by atoms with Crippen LogP contribution in [-0.2, 0) is 11.2 Å². The summed E-state index contributed by atoms with van der Waals surface area (Å²) < 4.78 is 0. The fraction of sp³-hybridized carbons (Fsp3) is 0.167. The van der Waals surface area contributed by atoms with Crippen molar-refractivity contribution < 1.29 is 4.79 Å². The summed E-state index contributed by atoms with van der Waals surface area (Å²) in [6, 6.07) is 5.76. The molecule has 3 heteroatoms. The fourth-order valence-corrected chi connectivity index (χ4v) is 1.81. The smallest absolute Gasteiger partial charge is 0.229 e. The van der Waals surface area contributed by atoms with Crippen LogP contribution >= 0.6 is 0 Å². The number of amides is 1. The first-order valence-electron chi connectivity index (χ1n) is 4.85. The average molecular weight is 200 g/mol. The Morgan fingerprint density at radius 1 is 1.47 bits per heavy atom. The average Bonchev–Trinajstić information content (AvgIpc) is 2.17. The summed E-state index contributed by atoms with van der Waals surface area (Å²) in [4.78, 5) is 11.2. The molecule has 0 unspecified atom stereocenters. The maximum Gasteiger partial charge on any atom is 0.229 e. The molecule has 0 bridgehead atoms. The molecule has 0 aromatic heterocycles. The highest BCUT2D eigenvalue weighted by Gasteiger charge is 2.20. The van der Waals surface area contributed by atoms with Gasteiger partial charge in [0.1, 0.15) is 5.84 Å². The SMILES string of the molecule is C/C=C/c1cccc2c1C(=N)NC(=O)C2. The van der Waals surface area contributed by atoms with E-state index >= 15 is 0 Å². The topological polar surface area (TPSA) is 53.0 Å². The van der Waals surface area contributed by atoms with Crippen LogP contribution in [0.1, 0.15) is 23.6 Å². The third kappa shape index (κ3) is 1.68. The van der Waals surface area contributed by atoms with Crippen molar-refractivity contribution in [2.45, 2.75) is 13.3 Å². The molecule has 1 aromatic rings. The Morgan fingerprint density at radius 3 is 3.00 bits per heavy atom. The van der Waals surface area contributed by atoms with Crippen LogP contribution in [0.15, 0.2) is 24.3 Å². The molecule has 0 aliphatic carbocycles.